The average molecular weight is 387 g/mol. The molecular weight excluding hydrogens is 352 g/mol. The Bertz CT molecular complexity index is 699. The van der Waals surface area contributed by atoms with E-state index in [4.69, 9.17) is 9.47 Å². The highest BCUT2D eigenvalue weighted by molar-refractivity contribution is 5.43. The average Bonchev–Trinajstić information content (AvgIpc) is 2.72. The molecule has 0 aliphatic heterocycles. The number of aryl methyl sites for hydroxylation is 1. The molecule has 0 radical (unpaired) electrons. The minimum Gasteiger partial charge on any atom is -0.493 e. The lowest BCUT2D eigenvalue weighted by Gasteiger charge is -2.22. The van der Waals surface area contributed by atoms with Crippen molar-refractivity contribution in [3.05, 3.63) is 59.2 Å². The van der Waals surface area contributed by atoms with Crippen LogP contribution in [0.4, 0.5) is 0 Å². The molecule has 0 saturated carbocycles. The lowest BCUT2D eigenvalue weighted by molar-refractivity contribution is 0.0705. The van der Waals surface area contributed by atoms with Crippen molar-refractivity contribution in [2.45, 2.75) is 40.0 Å². The zero-order chi connectivity index (χ0) is 20.4. The second kappa shape index (κ2) is 11.7. The van der Waals surface area contributed by atoms with Crippen LogP contribution in [0.2, 0.25) is 0 Å². The molecule has 154 valence electrons. The van der Waals surface area contributed by atoms with E-state index < -0.39 is 6.10 Å². The number of nitrogens with zero attached hydrogens (tertiary/aromatic N) is 1. The molecular formula is C23H34N2O3. The summed E-state index contributed by atoms with van der Waals surface area (Å²) in [4.78, 5) is 2.17. The van der Waals surface area contributed by atoms with Crippen LogP contribution >= 0.6 is 0 Å². The molecule has 1 atom stereocenters. The Kier molecular flexibility index (Phi) is 9.28. The van der Waals surface area contributed by atoms with E-state index in [1.54, 1.807) is 7.11 Å². The normalized spacial score (nSPS) is 12.2. The third kappa shape index (κ3) is 7.15. The van der Waals surface area contributed by atoms with Crippen molar-refractivity contribution < 1.29 is 14.6 Å². The summed E-state index contributed by atoms with van der Waals surface area (Å²) in [5.41, 5.74) is 3.66. The molecule has 0 amide bonds. The van der Waals surface area contributed by atoms with E-state index in [1.807, 2.05) is 18.2 Å². The standard InChI is InChI=1S/C23H34N2O3/c1-5-25(6-2)16-21(26)17-28-22-12-11-20(13-23(22)27-4)15-24-14-19-9-7-18(3)8-10-19/h7-13,21,24,26H,5-6,14-17H2,1-4H3. The smallest absolute Gasteiger partial charge is 0.161 e. The largest absolute Gasteiger partial charge is 0.493 e. The number of benzene rings is 2. The highest BCUT2D eigenvalue weighted by Gasteiger charge is 2.12. The van der Waals surface area contributed by atoms with Crippen molar-refractivity contribution in [3.63, 3.8) is 0 Å². The first-order chi connectivity index (χ1) is 13.5. The number of ether oxygens (including phenoxy) is 2. The number of hydrogen-bond acceptors (Lipinski definition) is 5. The van der Waals surface area contributed by atoms with Gasteiger partial charge in [0, 0.05) is 19.6 Å². The summed E-state index contributed by atoms with van der Waals surface area (Å²) >= 11 is 0. The Balaban J connectivity index is 1.85. The lowest BCUT2D eigenvalue weighted by Crippen LogP contribution is -2.35. The van der Waals surface area contributed by atoms with Gasteiger partial charge in [-0.3, -0.25) is 0 Å². The summed E-state index contributed by atoms with van der Waals surface area (Å²) in [6.45, 7) is 10.5. The quantitative estimate of drug-likeness (QED) is 0.586. The number of hydrogen-bond donors (Lipinski definition) is 2. The third-order valence-electron chi connectivity index (χ3n) is 4.80. The molecule has 2 aromatic rings. The summed E-state index contributed by atoms with van der Waals surface area (Å²) in [7, 11) is 1.64. The molecule has 0 aromatic heterocycles. The molecule has 0 aliphatic carbocycles. The highest BCUT2D eigenvalue weighted by atomic mass is 16.5. The van der Waals surface area contributed by atoms with Gasteiger partial charge in [-0.15, -0.1) is 0 Å². The van der Waals surface area contributed by atoms with E-state index in [-0.39, 0.29) is 6.61 Å². The van der Waals surface area contributed by atoms with Gasteiger partial charge in [0.25, 0.3) is 0 Å². The molecule has 0 heterocycles. The Morgan fingerprint density at radius 2 is 1.61 bits per heavy atom. The fourth-order valence-electron chi connectivity index (χ4n) is 3.02. The summed E-state index contributed by atoms with van der Waals surface area (Å²) in [6, 6.07) is 14.4. The van der Waals surface area contributed by atoms with Gasteiger partial charge in [0.15, 0.2) is 11.5 Å². The molecule has 1 unspecified atom stereocenters. The third-order valence-corrected chi connectivity index (χ3v) is 4.80. The van der Waals surface area contributed by atoms with Gasteiger partial charge in [-0.05, 0) is 43.3 Å². The second-order valence-electron chi connectivity index (χ2n) is 7.03. The molecule has 5 heteroatoms. The predicted octanol–water partition coefficient (Wildman–Crippen LogP) is 3.37. The van der Waals surface area contributed by atoms with Gasteiger partial charge in [-0.25, -0.2) is 0 Å². The minimum atomic E-state index is -0.527. The number of rotatable bonds is 12. The van der Waals surface area contributed by atoms with Gasteiger partial charge in [0.2, 0.25) is 0 Å². The van der Waals surface area contributed by atoms with Gasteiger partial charge in [0.05, 0.1) is 7.11 Å². The fraction of sp³-hybridized carbons (Fsp3) is 0.478. The Morgan fingerprint density at radius 3 is 2.25 bits per heavy atom. The monoisotopic (exact) mass is 386 g/mol. The molecule has 0 saturated heterocycles. The molecule has 2 rings (SSSR count). The van der Waals surface area contributed by atoms with Gasteiger partial charge in [-0.2, -0.15) is 0 Å². The Morgan fingerprint density at radius 1 is 0.964 bits per heavy atom. The summed E-state index contributed by atoms with van der Waals surface area (Å²) in [6.07, 6.45) is -0.527. The van der Waals surface area contributed by atoms with Gasteiger partial charge in [-0.1, -0.05) is 49.7 Å². The van der Waals surface area contributed by atoms with Crippen LogP contribution < -0.4 is 14.8 Å². The zero-order valence-electron chi connectivity index (χ0n) is 17.6. The molecule has 28 heavy (non-hydrogen) atoms. The maximum atomic E-state index is 10.2. The van der Waals surface area contributed by atoms with Crippen molar-refractivity contribution >= 4 is 0 Å². The van der Waals surface area contributed by atoms with Crippen LogP contribution in [0.3, 0.4) is 0 Å². The highest BCUT2D eigenvalue weighted by Crippen LogP contribution is 2.28. The van der Waals surface area contributed by atoms with Gasteiger partial charge >= 0.3 is 0 Å². The molecule has 0 bridgehead atoms. The van der Waals surface area contributed by atoms with E-state index in [9.17, 15) is 5.11 Å². The van der Waals surface area contributed by atoms with Crippen LogP contribution in [0.5, 0.6) is 11.5 Å². The van der Waals surface area contributed by atoms with E-state index in [1.165, 1.54) is 11.1 Å². The van der Waals surface area contributed by atoms with E-state index in [0.29, 0.717) is 18.0 Å². The lowest BCUT2D eigenvalue weighted by atomic mass is 10.1. The number of likely N-dealkylation sites (N-methyl/N-ethyl adjacent to an activating group) is 1. The van der Waals surface area contributed by atoms with Crippen LogP contribution in [0.1, 0.15) is 30.5 Å². The topological polar surface area (TPSA) is 54.0 Å². The van der Waals surface area contributed by atoms with Gasteiger partial charge in [0.1, 0.15) is 12.7 Å². The van der Waals surface area contributed by atoms with E-state index >= 15 is 0 Å². The van der Waals surface area contributed by atoms with Gasteiger partial charge < -0.3 is 24.8 Å². The second-order valence-corrected chi connectivity index (χ2v) is 7.03. The predicted molar refractivity (Wildman–Crippen MR) is 114 cm³/mol. The molecule has 2 aromatic carbocycles. The fourth-order valence-corrected chi connectivity index (χ4v) is 3.02. The minimum absolute atomic E-state index is 0.248. The Labute approximate surface area is 169 Å². The number of nitrogens with one attached hydrogen (secondary N) is 1. The summed E-state index contributed by atoms with van der Waals surface area (Å²) in [5, 5.41) is 13.6. The molecule has 0 aliphatic rings. The van der Waals surface area contributed by atoms with Crippen LogP contribution in [0.15, 0.2) is 42.5 Å². The number of methoxy groups -OCH3 is 1. The van der Waals surface area contributed by atoms with Crippen molar-refractivity contribution in [3.8, 4) is 11.5 Å². The molecule has 0 spiro atoms. The van der Waals surface area contributed by atoms with Crippen LogP contribution in [-0.4, -0.2) is 49.5 Å². The first-order valence-corrected chi connectivity index (χ1v) is 10.0. The Hall–Kier alpha value is -2.08. The summed E-state index contributed by atoms with van der Waals surface area (Å²) in [5.74, 6) is 1.34. The SMILES string of the molecule is CCN(CC)CC(O)COc1ccc(CNCc2ccc(C)cc2)cc1OC. The number of aliphatic hydroxyl groups excluding tert-OH is 1. The van der Waals surface area contributed by atoms with Crippen LogP contribution in [0, 0.1) is 6.92 Å². The molecule has 2 N–H and O–H groups in total. The molecule has 0 fully saturated rings. The van der Waals surface area contributed by atoms with Crippen molar-refractivity contribution in [2.75, 3.05) is 33.4 Å². The van der Waals surface area contributed by atoms with Crippen LogP contribution in [0.25, 0.3) is 0 Å². The molecule has 5 nitrogen and oxygen atoms in total. The van der Waals surface area contributed by atoms with Crippen molar-refractivity contribution in [1.82, 2.24) is 10.2 Å². The first kappa shape index (κ1) is 22.2. The maximum Gasteiger partial charge on any atom is 0.161 e. The number of aliphatic hydroxyl groups is 1. The van der Waals surface area contributed by atoms with Crippen molar-refractivity contribution in [1.29, 1.82) is 0 Å². The maximum absolute atomic E-state index is 10.2. The first-order valence-electron chi connectivity index (χ1n) is 10.0. The van der Waals surface area contributed by atoms with E-state index in [0.717, 1.165) is 31.7 Å². The zero-order valence-corrected chi connectivity index (χ0v) is 17.6. The van der Waals surface area contributed by atoms with E-state index in [2.05, 4.69) is 55.3 Å². The van der Waals surface area contributed by atoms with Crippen LogP contribution in [-0.2, 0) is 13.1 Å². The van der Waals surface area contributed by atoms with Crippen molar-refractivity contribution in [2.24, 2.45) is 0 Å². The summed E-state index contributed by atoms with van der Waals surface area (Å²) < 4.78 is 11.3.